The van der Waals surface area contributed by atoms with Crippen molar-refractivity contribution in [3.63, 3.8) is 0 Å². The van der Waals surface area contributed by atoms with Crippen LogP contribution >= 0.6 is 0 Å². The topological polar surface area (TPSA) is 109 Å². The molecule has 2 atom stereocenters. The van der Waals surface area contributed by atoms with Crippen LogP contribution < -0.4 is 5.32 Å². The van der Waals surface area contributed by atoms with Gasteiger partial charge >= 0.3 is 5.97 Å². The van der Waals surface area contributed by atoms with E-state index in [2.05, 4.69) is 11.4 Å². The first-order valence-corrected chi connectivity index (χ1v) is 9.74. The van der Waals surface area contributed by atoms with Gasteiger partial charge in [-0.3, -0.25) is 9.59 Å². The molecule has 0 saturated carbocycles. The molecule has 1 amide bonds. The maximum atomic E-state index is 12.6. The number of aliphatic carboxylic acids is 1. The van der Waals surface area contributed by atoms with E-state index in [-0.39, 0.29) is 25.7 Å². The molecule has 2 rings (SSSR count). The molecule has 2 N–H and O–H groups in total. The van der Waals surface area contributed by atoms with Crippen LogP contribution in [-0.2, 0) is 14.3 Å². The Balaban J connectivity index is 2.03. The van der Waals surface area contributed by atoms with E-state index in [4.69, 9.17) is 19.8 Å². The zero-order valence-corrected chi connectivity index (χ0v) is 17.1. The average Bonchev–Trinajstić information content (AvgIpc) is 2.76. The molecule has 0 aliphatic heterocycles. The number of nitrogens with zero attached hydrogens (tertiary/aromatic N) is 1. The van der Waals surface area contributed by atoms with Crippen LogP contribution in [0, 0.1) is 17.2 Å². The Kier molecular flexibility index (Phi) is 9.01. The summed E-state index contributed by atoms with van der Waals surface area (Å²) in [6.45, 7) is 4.19. The summed E-state index contributed by atoms with van der Waals surface area (Å²) in [5.41, 5.74) is 2.92. The summed E-state index contributed by atoms with van der Waals surface area (Å²) >= 11 is 0. The standard InChI is InChI=1S/C23H26N2O5/c1-3-29-15-30-14-21(12-16(2)23(27)28)25-22(26)20-10-8-19(9-11-20)18-6-4-17(13-24)5-7-18/h4-11,16,21H,3,12,14-15H2,1-2H3,(H,25,26)(H,27,28)/t16-,21-/m0/s1. The van der Waals surface area contributed by atoms with E-state index in [1.54, 1.807) is 31.2 Å². The molecule has 0 aliphatic carbocycles. The molecule has 0 heterocycles. The summed E-state index contributed by atoms with van der Waals surface area (Å²) in [5, 5.41) is 20.9. The zero-order chi connectivity index (χ0) is 21.9. The van der Waals surface area contributed by atoms with E-state index in [0.717, 1.165) is 11.1 Å². The summed E-state index contributed by atoms with van der Waals surface area (Å²) in [5.74, 6) is -1.85. The Morgan fingerprint density at radius 1 is 1.07 bits per heavy atom. The molecule has 2 aromatic carbocycles. The number of amides is 1. The predicted octanol–water partition coefficient (Wildman–Crippen LogP) is 3.45. The Labute approximate surface area is 176 Å². The molecule has 2 aromatic rings. The van der Waals surface area contributed by atoms with Crippen molar-refractivity contribution in [3.8, 4) is 17.2 Å². The van der Waals surface area contributed by atoms with Crippen LogP contribution in [0.15, 0.2) is 48.5 Å². The van der Waals surface area contributed by atoms with Gasteiger partial charge in [0.05, 0.1) is 30.2 Å². The predicted molar refractivity (Wildman–Crippen MR) is 112 cm³/mol. The molecule has 0 spiro atoms. The van der Waals surface area contributed by atoms with Gasteiger partial charge in [-0.15, -0.1) is 0 Å². The maximum Gasteiger partial charge on any atom is 0.306 e. The number of nitrogens with one attached hydrogen (secondary N) is 1. The summed E-state index contributed by atoms with van der Waals surface area (Å²) in [4.78, 5) is 23.8. The molecule has 7 nitrogen and oxygen atoms in total. The lowest BCUT2D eigenvalue weighted by molar-refractivity contribution is -0.141. The minimum absolute atomic E-state index is 0.0869. The third-order valence-electron chi connectivity index (χ3n) is 4.58. The quantitative estimate of drug-likeness (QED) is 0.434. The number of carboxylic acid groups (broad SMARTS) is 1. The SMILES string of the molecule is CCOCOC[C@H](C[C@H](C)C(=O)O)NC(=O)c1ccc(-c2ccc(C#N)cc2)cc1. The van der Waals surface area contributed by atoms with Gasteiger partial charge in [-0.25, -0.2) is 0 Å². The van der Waals surface area contributed by atoms with Gasteiger partial charge in [0, 0.05) is 12.2 Å². The van der Waals surface area contributed by atoms with Crippen molar-refractivity contribution in [2.75, 3.05) is 20.0 Å². The molecule has 158 valence electrons. The van der Waals surface area contributed by atoms with Crippen LogP contribution in [0.4, 0.5) is 0 Å². The van der Waals surface area contributed by atoms with Gasteiger partial charge in [-0.1, -0.05) is 31.2 Å². The van der Waals surface area contributed by atoms with Crippen molar-refractivity contribution >= 4 is 11.9 Å². The summed E-state index contributed by atoms with van der Waals surface area (Å²) in [6.07, 6.45) is 0.247. The smallest absolute Gasteiger partial charge is 0.306 e. The number of hydrogen-bond acceptors (Lipinski definition) is 5. The second-order valence-corrected chi connectivity index (χ2v) is 6.89. The second kappa shape index (κ2) is 11.7. The zero-order valence-electron chi connectivity index (χ0n) is 17.1. The number of rotatable bonds is 11. The van der Waals surface area contributed by atoms with Gasteiger partial charge < -0.3 is 19.9 Å². The Bertz CT molecular complexity index is 872. The molecule has 0 fully saturated rings. The van der Waals surface area contributed by atoms with Crippen LogP contribution in [0.5, 0.6) is 0 Å². The molecule has 30 heavy (non-hydrogen) atoms. The lowest BCUT2D eigenvalue weighted by Gasteiger charge is -2.21. The average molecular weight is 410 g/mol. The summed E-state index contributed by atoms with van der Waals surface area (Å²) in [6, 6.07) is 15.9. The highest BCUT2D eigenvalue weighted by atomic mass is 16.7. The van der Waals surface area contributed by atoms with E-state index in [0.29, 0.717) is 17.7 Å². The van der Waals surface area contributed by atoms with E-state index in [1.807, 2.05) is 31.2 Å². The van der Waals surface area contributed by atoms with Gasteiger partial charge in [0.2, 0.25) is 0 Å². The van der Waals surface area contributed by atoms with Crippen molar-refractivity contribution < 1.29 is 24.2 Å². The molecule has 7 heteroatoms. The first kappa shape index (κ1) is 23.1. The summed E-state index contributed by atoms with van der Waals surface area (Å²) in [7, 11) is 0. The van der Waals surface area contributed by atoms with Gasteiger partial charge in [0.1, 0.15) is 6.79 Å². The molecule has 0 bridgehead atoms. The van der Waals surface area contributed by atoms with Gasteiger partial charge in [-0.2, -0.15) is 5.26 Å². The minimum atomic E-state index is -0.925. The van der Waals surface area contributed by atoms with E-state index in [1.165, 1.54) is 0 Å². The minimum Gasteiger partial charge on any atom is -0.481 e. The van der Waals surface area contributed by atoms with Gasteiger partial charge in [-0.05, 0) is 48.7 Å². The molecule has 0 saturated heterocycles. The second-order valence-electron chi connectivity index (χ2n) is 6.89. The Morgan fingerprint density at radius 3 is 2.20 bits per heavy atom. The highest BCUT2D eigenvalue weighted by Crippen LogP contribution is 2.20. The highest BCUT2D eigenvalue weighted by Gasteiger charge is 2.21. The molecule has 0 unspecified atom stereocenters. The number of carbonyl (C=O) groups is 2. The number of benzene rings is 2. The number of nitriles is 1. The Morgan fingerprint density at radius 2 is 1.67 bits per heavy atom. The number of carbonyl (C=O) groups excluding carboxylic acids is 1. The van der Waals surface area contributed by atoms with Gasteiger partial charge in [0.15, 0.2) is 0 Å². The number of hydrogen-bond donors (Lipinski definition) is 2. The first-order valence-electron chi connectivity index (χ1n) is 9.74. The fourth-order valence-corrected chi connectivity index (χ4v) is 2.85. The first-order chi connectivity index (χ1) is 14.4. The van der Waals surface area contributed by atoms with Crippen LogP contribution in [-0.4, -0.2) is 43.0 Å². The Hall–Kier alpha value is -3.21. The summed E-state index contributed by atoms with van der Waals surface area (Å²) < 4.78 is 10.5. The largest absolute Gasteiger partial charge is 0.481 e. The van der Waals surface area contributed by atoms with Crippen LogP contribution in [0.2, 0.25) is 0 Å². The normalized spacial score (nSPS) is 12.6. The van der Waals surface area contributed by atoms with Crippen LogP contribution in [0.3, 0.4) is 0 Å². The van der Waals surface area contributed by atoms with Crippen molar-refractivity contribution in [1.29, 1.82) is 5.26 Å². The number of ether oxygens (including phenoxy) is 2. The molecule has 0 aliphatic rings. The molecule has 0 aromatic heterocycles. The third-order valence-corrected chi connectivity index (χ3v) is 4.58. The van der Waals surface area contributed by atoms with Crippen molar-refractivity contribution in [2.24, 2.45) is 5.92 Å². The van der Waals surface area contributed by atoms with Crippen molar-refractivity contribution in [1.82, 2.24) is 5.32 Å². The monoisotopic (exact) mass is 410 g/mol. The van der Waals surface area contributed by atoms with Crippen LogP contribution in [0.1, 0.15) is 36.2 Å². The molecule has 0 radical (unpaired) electrons. The lowest BCUT2D eigenvalue weighted by Crippen LogP contribution is -2.40. The van der Waals surface area contributed by atoms with Crippen LogP contribution in [0.25, 0.3) is 11.1 Å². The molecular formula is C23H26N2O5. The number of carboxylic acids is 1. The van der Waals surface area contributed by atoms with E-state index < -0.39 is 17.9 Å². The van der Waals surface area contributed by atoms with Crippen molar-refractivity contribution in [3.05, 3.63) is 59.7 Å². The van der Waals surface area contributed by atoms with E-state index in [9.17, 15) is 9.59 Å². The molecular weight excluding hydrogens is 384 g/mol. The van der Waals surface area contributed by atoms with Gasteiger partial charge in [0.25, 0.3) is 5.91 Å². The van der Waals surface area contributed by atoms with E-state index >= 15 is 0 Å². The fourth-order valence-electron chi connectivity index (χ4n) is 2.85. The third kappa shape index (κ3) is 6.99. The van der Waals surface area contributed by atoms with Crippen molar-refractivity contribution in [2.45, 2.75) is 26.3 Å². The fraction of sp³-hybridized carbons (Fsp3) is 0.348. The highest BCUT2D eigenvalue weighted by molar-refractivity contribution is 5.95. The maximum absolute atomic E-state index is 12.6. The lowest BCUT2D eigenvalue weighted by atomic mass is 10.0.